The van der Waals surface area contributed by atoms with E-state index in [4.69, 9.17) is 9.47 Å². The zero-order valence-electron chi connectivity index (χ0n) is 18.3. The van der Waals surface area contributed by atoms with Gasteiger partial charge in [-0.25, -0.2) is 0 Å². The third-order valence-electron chi connectivity index (χ3n) is 7.42. The molecule has 2 aliphatic heterocycles. The van der Waals surface area contributed by atoms with E-state index in [1.54, 1.807) is 7.11 Å². The Kier molecular flexibility index (Phi) is 5.67. The second-order valence-corrected chi connectivity index (χ2v) is 9.46. The van der Waals surface area contributed by atoms with Crippen LogP contribution in [0.3, 0.4) is 0 Å². The zero-order valence-corrected chi connectivity index (χ0v) is 18.3. The molecular weight excluding hydrogens is 390 g/mol. The van der Waals surface area contributed by atoms with Crippen molar-refractivity contribution in [2.24, 2.45) is 0 Å². The highest BCUT2D eigenvalue weighted by molar-refractivity contribution is 5.44. The number of methoxy groups -OCH3 is 1. The number of aliphatic hydroxyl groups excluding tert-OH is 2. The van der Waals surface area contributed by atoms with E-state index < -0.39 is 12.2 Å². The van der Waals surface area contributed by atoms with Gasteiger partial charge in [-0.2, -0.15) is 0 Å². The lowest BCUT2D eigenvalue weighted by atomic mass is 9.81. The topological polar surface area (TPSA) is 62.2 Å². The van der Waals surface area contributed by atoms with E-state index in [1.165, 1.54) is 30.4 Å². The fraction of sp³-hybridized carbons (Fsp3) is 0.538. The van der Waals surface area contributed by atoms with Crippen LogP contribution in [-0.4, -0.2) is 47.5 Å². The highest BCUT2D eigenvalue weighted by atomic mass is 16.5. The van der Waals surface area contributed by atoms with Gasteiger partial charge in [-0.3, -0.25) is 0 Å². The van der Waals surface area contributed by atoms with Crippen LogP contribution >= 0.6 is 0 Å². The number of hydrogen-bond donors (Lipinski definition) is 2. The molecule has 2 heterocycles. The summed E-state index contributed by atoms with van der Waals surface area (Å²) in [6, 6.07) is 12.2. The van der Waals surface area contributed by atoms with Gasteiger partial charge in [0.15, 0.2) is 0 Å². The van der Waals surface area contributed by atoms with Crippen LogP contribution in [0.25, 0.3) is 0 Å². The lowest BCUT2D eigenvalue weighted by Gasteiger charge is -2.46. The maximum absolute atomic E-state index is 10.9. The molecule has 2 atom stereocenters. The van der Waals surface area contributed by atoms with Crippen molar-refractivity contribution in [2.75, 3.05) is 26.7 Å². The molecule has 0 radical (unpaired) electrons. The van der Waals surface area contributed by atoms with E-state index in [1.807, 2.05) is 18.2 Å². The average molecular weight is 424 g/mol. The molecule has 1 saturated heterocycles. The fourth-order valence-electron chi connectivity index (χ4n) is 5.50. The van der Waals surface area contributed by atoms with E-state index in [2.05, 4.69) is 23.1 Å². The van der Waals surface area contributed by atoms with E-state index in [0.717, 1.165) is 55.0 Å². The van der Waals surface area contributed by atoms with Crippen molar-refractivity contribution in [2.45, 2.75) is 62.8 Å². The summed E-state index contributed by atoms with van der Waals surface area (Å²) in [5.41, 5.74) is 4.39. The second-order valence-electron chi connectivity index (χ2n) is 9.46. The SMILES string of the molecule is COc1ccc2c(c1)[C@H](O)CC1(CCN(C[C@H](O)c3ccc4c(c3)CCCC4)CC1)O2. The molecule has 0 bridgehead atoms. The van der Waals surface area contributed by atoms with Gasteiger partial charge in [0.1, 0.15) is 17.1 Å². The summed E-state index contributed by atoms with van der Waals surface area (Å²) >= 11 is 0. The van der Waals surface area contributed by atoms with E-state index in [-0.39, 0.29) is 5.60 Å². The first-order valence-electron chi connectivity index (χ1n) is 11.6. The van der Waals surface area contributed by atoms with Crippen LogP contribution in [0.1, 0.15) is 66.6 Å². The Bertz CT molecular complexity index is 935. The van der Waals surface area contributed by atoms with Gasteiger partial charge in [0, 0.05) is 31.6 Å². The predicted molar refractivity (Wildman–Crippen MR) is 120 cm³/mol. The molecule has 1 aliphatic carbocycles. The number of piperidine rings is 1. The first-order chi connectivity index (χ1) is 15.0. The Labute approximate surface area is 184 Å². The molecule has 1 fully saturated rings. The summed E-state index contributed by atoms with van der Waals surface area (Å²) in [4.78, 5) is 2.33. The van der Waals surface area contributed by atoms with Gasteiger partial charge in [-0.1, -0.05) is 18.2 Å². The normalized spacial score (nSPS) is 23.5. The van der Waals surface area contributed by atoms with Crippen molar-refractivity contribution < 1.29 is 19.7 Å². The van der Waals surface area contributed by atoms with Crippen LogP contribution in [0.5, 0.6) is 11.5 Å². The van der Waals surface area contributed by atoms with Crippen LogP contribution in [0, 0.1) is 0 Å². The molecule has 1 spiro atoms. The number of aliphatic hydroxyl groups is 2. The predicted octanol–water partition coefficient (Wildman–Crippen LogP) is 3.96. The van der Waals surface area contributed by atoms with Crippen molar-refractivity contribution in [3.8, 4) is 11.5 Å². The molecule has 0 unspecified atom stereocenters. The lowest BCUT2D eigenvalue weighted by molar-refractivity contribution is -0.0588. The van der Waals surface area contributed by atoms with Crippen LogP contribution in [-0.2, 0) is 12.8 Å². The van der Waals surface area contributed by atoms with Gasteiger partial charge in [-0.15, -0.1) is 0 Å². The Hall–Kier alpha value is -2.08. The number of rotatable bonds is 4. The lowest BCUT2D eigenvalue weighted by Crippen LogP contribution is -2.51. The first-order valence-corrected chi connectivity index (χ1v) is 11.6. The fourth-order valence-corrected chi connectivity index (χ4v) is 5.50. The summed E-state index contributed by atoms with van der Waals surface area (Å²) in [7, 11) is 1.63. The van der Waals surface area contributed by atoms with Crippen LogP contribution < -0.4 is 9.47 Å². The molecule has 3 aliphatic rings. The minimum Gasteiger partial charge on any atom is -0.497 e. The Morgan fingerprint density at radius 1 is 1.10 bits per heavy atom. The molecule has 5 heteroatoms. The third kappa shape index (κ3) is 4.19. The maximum atomic E-state index is 10.9. The number of nitrogens with zero attached hydrogens (tertiary/aromatic N) is 1. The largest absolute Gasteiger partial charge is 0.497 e. The molecule has 2 aromatic rings. The molecule has 5 nitrogen and oxygen atoms in total. The van der Waals surface area contributed by atoms with E-state index >= 15 is 0 Å². The number of ether oxygens (including phenoxy) is 2. The summed E-state index contributed by atoms with van der Waals surface area (Å²) < 4.78 is 11.7. The minimum atomic E-state index is -0.536. The van der Waals surface area contributed by atoms with Crippen molar-refractivity contribution >= 4 is 0 Å². The molecule has 0 saturated carbocycles. The van der Waals surface area contributed by atoms with Gasteiger partial charge < -0.3 is 24.6 Å². The quantitative estimate of drug-likeness (QED) is 0.780. The summed E-state index contributed by atoms with van der Waals surface area (Å²) in [5, 5.41) is 21.6. The van der Waals surface area contributed by atoms with Crippen molar-refractivity contribution in [1.29, 1.82) is 0 Å². The summed E-state index contributed by atoms with van der Waals surface area (Å²) in [6.45, 7) is 2.37. The van der Waals surface area contributed by atoms with Crippen LogP contribution in [0.4, 0.5) is 0 Å². The van der Waals surface area contributed by atoms with Gasteiger partial charge in [0.25, 0.3) is 0 Å². The Morgan fingerprint density at radius 2 is 1.87 bits per heavy atom. The van der Waals surface area contributed by atoms with Crippen molar-refractivity contribution in [3.63, 3.8) is 0 Å². The highest BCUT2D eigenvalue weighted by Gasteiger charge is 2.43. The van der Waals surface area contributed by atoms with Gasteiger partial charge in [0.05, 0.1) is 19.3 Å². The molecule has 5 rings (SSSR count). The average Bonchev–Trinajstić information content (AvgIpc) is 2.80. The Balaban J connectivity index is 1.21. The van der Waals surface area contributed by atoms with Crippen LogP contribution in [0.15, 0.2) is 36.4 Å². The molecule has 0 amide bonds. The number of hydrogen-bond acceptors (Lipinski definition) is 5. The number of likely N-dealkylation sites (tertiary alicyclic amines) is 1. The second kappa shape index (κ2) is 8.45. The third-order valence-corrected chi connectivity index (χ3v) is 7.42. The van der Waals surface area contributed by atoms with Gasteiger partial charge >= 0.3 is 0 Å². The summed E-state index contributed by atoms with van der Waals surface area (Å²) in [6.07, 6.45) is 6.14. The smallest absolute Gasteiger partial charge is 0.126 e. The molecule has 166 valence electrons. The van der Waals surface area contributed by atoms with E-state index in [9.17, 15) is 10.2 Å². The maximum Gasteiger partial charge on any atom is 0.126 e. The van der Waals surface area contributed by atoms with Crippen molar-refractivity contribution in [1.82, 2.24) is 4.90 Å². The van der Waals surface area contributed by atoms with Gasteiger partial charge in [-0.05, 0) is 73.4 Å². The number of fused-ring (bicyclic) bond motifs is 2. The van der Waals surface area contributed by atoms with Crippen LogP contribution in [0.2, 0.25) is 0 Å². The van der Waals surface area contributed by atoms with Crippen molar-refractivity contribution in [3.05, 3.63) is 58.7 Å². The molecular formula is C26H33NO4. The Morgan fingerprint density at radius 3 is 2.65 bits per heavy atom. The minimum absolute atomic E-state index is 0.325. The zero-order chi connectivity index (χ0) is 21.4. The standard InChI is InChI=1S/C26H33NO4/c1-30-21-8-9-25-22(15-21)23(28)16-26(31-25)10-12-27(13-11-26)17-24(29)20-7-6-18-4-2-3-5-19(18)14-20/h6-9,14-15,23-24,28-29H,2-5,10-13,16-17H2,1H3/t23-,24+/m1/s1. The summed E-state index contributed by atoms with van der Waals surface area (Å²) in [5.74, 6) is 1.51. The van der Waals surface area contributed by atoms with E-state index in [0.29, 0.717) is 13.0 Å². The number of aryl methyl sites for hydroxylation is 2. The number of benzene rings is 2. The molecule has 0 aromatic heterocycles. The molecule has 2 N–H and O–H groups in total. The number of β-amino-alcohol motifs (C(OH)–C–C–N with tert-alkyl or cyclic N) is 1. The highest BCUT2D eigenvalue weighted by Crippen LogP contribution is 2.45. The molecule has 31 heavy (non-hydrogen) atoms. The monoisotopic (exact) mass is 423 g/mol. The first kappa shape index (κ1) is 20.8. The van der Waals surface area contributed by atoms with Gasteiger partial charge in [0.2, 0.25) is 0 Å². The molecule has 2 aromatic carbocycles.